The molecule has 2 unspecified atom stereocenters. The number of nitrogens with one attached hydrogen (secondary N) is 1. The van der Waals surface area contributed by atoms with E-state index in [2.05, 4.69) is 5.32 Å². The van der Waals surface area contributed by atoms with Gasteiger partial charge in [0, 0.05) is 64.5 Å². The number of likely N-dealkylation sites (N-methyl/N-ethyl adjacent to an activating group) is 1. The first-order valence-corrected chi connectivity index (χ1v) is 24.5. The monoisotopic (exact) mass is 927 g/mol. The molecule has 66 heavy (non-hydrogen) atoms. The number of Topliss-reactive ketones (excluding diaryl/α,β-unsaturated/α-hetero) is 3. The number of aliphatic hydroxyl groups is 2. The Morgan fingerprint density at radius 2 is 1.61 bits per heavy atom. The first-order valence-electron chi connectivity index (χ1n) is 24.5. The standard InChI is InChI=1S/C52H82N2O12/c1-31-17-13-12-14-18-32(2)43(62-9)29-39-22-20-37(7)52(61,66-39)49(58)50(59)54-24-16-15-19-41(54)51(60)65-44(34(4)27-38-21-23-40(53-8)45(28-38)63-10)30-42(55)33(3)26-36(6)47(57)48(64-11)46(56)35(5)25-31/h12-14,17-18,26,31,33-35,37-41,43-45,47-48,53,57,61H,15-16,19-25,27-30H2,1-11H3/b14-12+,17-13+,32-18+,36-26+/t31-,33-,34-,35-,37-,38?,39+,40-,41+,43+,44?,45-,47-,48+,52-/m1/s1. The summed E-state index contributed by atoms with van der Waals surface area (Å²) in [4.78, 5) is 72.0. The Morgan fingerprint density at radius 1 is 0.879 bits per heavy atom. The second-order valence-corrected chi connectivity index (χ2v) is 19.9. The summed E-state index contributed by atoms with van der Waals surface area (Å²) in [5.41, 5.74) is 1.29. The van der Waals surface area contributed by atoms with Gasteiger partial charge in [0.05, 0.1) is 18.3 Å². The van der Waals surface area contributed by atoms with Gasteiger partial charge in [0.25, 0.3) is 11.7 Å². The van der Waals surface area contributed by atoms with Crippen LogP contribution >= 0.6 is 0 Å². The topological polar surface area (TPSA) is 187 Å². The van der Waals surface area contributed by atoms with Gasteiger partial charge in [-0.1, -0.05) is 71.1 Å². The van der Waals surface area contributed by atoms with Crippen molar-refractivity contribution in [2.45, 2.75) is 180 Å². The van der Waals surface area contributed by atoms with Crippen LogP contribution in [0.4, 0.5) is 0 Å². The molecule has 0 radical (unpaired) electrons. The van der Waals surface area contributed by atoms with E-state index in [1.54, 1.807) is 41.1 Å². The minimum atomic E-state index is -2.42. The maximum Gasteiger partial charge on any atom is 0.329 e. The number of ketones is 3. The number of rotatable bonds is 7. The molecular weight excluding hydrogens is 845 g/mol. The van der Waals surface area contributed by atoms with Crippen molar-refractivity contribution < 1.29 is 57.9 Å². The molecule has 4 aliphatic rings. The molecule has 1 aliphatic carbocycles. The molecule has 1 saturated carbocycles. The van der Waals surface area contributed by atoms with Crippen molar-refractivity contribution in [2.24, 2.45) is 35.5 Å². The summed E-state index contributed by atoms with van der Waals surface area (Å²) in [5, 5.41) is 26.8. The summed E-state index contributed by atoms with van der Waals surface area (Å²) in [5.74, 6) is -7.60. The second-order valence-electron chi connectivity index (χ2n) is 19.9. The zero-order chi connectivity index (χ0) is 48.9. The average molecular weight is 927 g/mol. The number of amides is 1. The number of allylic oxidation sites excluding steroid dienone is 6. The third kappa shape index (κ3) is 14.3. The first kappa shape index (κ1) is 55.2. The lowest BCUT2D eigenvalue weighted by molar-refractivity contribution is -0.265. The van der Waals surface area contributed by atoms with Crippen LogP contribution in [0.3, 0.4) is 0 Å². The minimum absolute atomic E-state index is 0.00419. The van der Waals surface area contributed by atoms with Crippen molar-refractivity contribution in [1.29, 1.82) is 0 Å². The van der Waals surface area contributed by atoms with Gasteiger partial charge in [0.1, 0.15) is 30.1 Å². The summed E-state index contributed by atoms with van der Waals surface area (Å²) in [6, 6.07) is -0.899. The number of aliphatic hydroxyl groups excluding tert-OH is 1. The summed E-state index contributed by atoms with van der Waals surface area (Å²) >= 11 is 0. The minimum Gasteiger partial charge on any atom is -0.460 e. The number of ether oxygens (including phenoxy) is 5. The molecule has 14 nitrogen and oxygen atoms in total. The highest BCUT2D eigenvalue weighted by Gasteiger charge is 2.53. The molecule has 0 spiro atoms. The molecule has 1 amide bonds. The van der Waals surface area contributed by atoms with Crippen LogP contribution in [0.25, 0.3) is 0 Å². The predicted molar refractivity (Wildman–Crippen MR) is 252 cm³/mol. The van der Waals surface area contributed by atoms with Crippen molar-refractivity contribution in [3.05, 3.63) is 47.6 Å². The predicted octanol–water partition coefficient (Wildman–Crippen LogP) is 6.41. The summed E-state index contributed by atoms with van der Waals surface area (Å²) in [6.07, 6.45) is 13.2. The van der Waals surface area contributed by atoms with Gasteiger partial charge >= 0.3 is 5.97 Å². The number of esters is 1. The number of carbonyl (C=O) groups excluding carboxylic acids is 5. The van der Waals surface area contributed by atoms with Crippen LogP contribution in [0.1, 0.15) is 126 Å². The molecule has 2 bridgehead atoms. The molecule has 0 aromatic heterocycles. The van der Waals surface area contributed by atoms with Gasteiger partial charge < -0.3 is 44.1 Å². The van der Waals surface area contributed by atoms with E-state index in [4.69, 9.17) is 23.7 Å². The maximum atomic E-state index is 14.4. The number of piperidine rings is 1. The molecule has 0 aromatic rings. The lowest BCUT2D eigenvalue weighted by Crippen LogP contribution is -2.61. The van der Waals surface area contributed by atoms with Gasteiger partial charge in [-0.05, 0) is 114 Å². The Kier molecular flexibility index (Phi) is 21.6. The van der Waals surface area contributed by atoms with Crippen molar-refractivity contribution in [1.82, 2.24) is 10.2 Å². The van der Waals surface area contributed by atoms with Crippen molar-refractivity contribution in [3.8, 4) is 0 Å². The molecular formula is C52H82N2O12. The fourth-order valence-electron chi connectivity index (χ4n) is 10.5. The number of methoxy groups -OCH3 is 3. The van der Waals surface area contributed by atoms with Crippen LogP contribution in [0.2, 0.25) is 0 Å². The molecule has 3 heterocycles. The zero-order valence-corrected chi connectivity index (χ0v) is 41.7. The largest absolute Gasteiger partial charge is 0.460 e. The fourth-order valence-corrected chi connectivity index (χ4v) is 10.5. The molecule has 3 aliphatic heterocycles. The normalized spacial score (nSPS) is 40.0. The smallest absolute Gasteiger partial charge is 0.329 e. The van der Waals surface area contributed by atoms with Crippen molar-refractivity contribution in [3.63, 3.8) is 0 Å². The van der Waals surface area contributed by atoms with Crippen LogP contribution in [-0.2, 0) is 47.7 Å². The maximum absolute atomic E-state index is 14.4. The van der Waals surface area contributed by atoms with Crippen LogP contribution in [0.5, 0.6) is 0 Å². The van der Waals surface area contributed by atoms with Gasteiger partial charge in [0.15, 0.2) is 5.78 Å². The van der Waals surface area contributed by atoms with E-state index in [1.807, 2.05) is 65.1 Å². The van der Waals surface area contributed by atoms with Crippen LogP contribution < -0.4 is 5.32 Å². The lowest BCUT2D eigenvalue weighted by Gasteiger charge is -2.42. The molecule has 4 rings (SSSR count). The van der Waals surface area contributed by atoms with E-state index in [0.717, 1.165) is 24.8 Å². The van der Waals surface area contributed by atoms with Gasteiger partial charge in [0.2, 0.25) is 5.79 Å². The van der Waals surface area contributed by atoms with Crippen LogP contribution in [-0.4, -0.2) is 134 Å². The van der Waals surface area contributed by atoms with Crippen LogP contribution in [0, 0.1) is 35.5 Å². The Hall–Kier alpha value is -3.37. The van der Waals surface area contributed by atoms with Crippen molar-refractivity contribution in [2.75, 3.05) is 34.9 Å². The van der Waals surface area contributed by atoms with E-state index >= 15 is 0 Å². The summed E-state index contributed by atoms with van der Waals surface area (Å²) in [6.45, 7) is 12.9. The van der Waals surface area contributed by atoms with Gasteiger partial charge in [-0.3, -0.25) is 19.2 Å². The van der Waals surface area contributed by atoms with E-state index in [0.29, 0.717) is 50.5 Å². The fraction of sp³-hybridized carbons (Fsp3) is 0.750. The Morgan fingerprint density at radius 3 is 2.27 bits per heavy atom. The molecule has 3 N–H and O–H groups in total. The molecule has 372 valence electrons. The number of hydrogen-bond donors (Lipinski definition) is 3. The first-order chi connectivity index (χ1) is 31.3. The van der Waals surface area contributed by atoms with Crippen LogP contribution in [0.15, 0.2) is 47.6 Å². The van der Waals surface area contributed by atoms with Gasteiger partial charge in [-0.2, -0.15) is 0 Å². The average Bonchev–Trinajstić information content (AvgIpc) is 3.30. The zero-order valence-electron chi connectivity index (χ0n) is 41.7. The number of cyclic esters (lactones) is 1. The number of fused-ring (bicyclic) bond motifs is 3. The molecule has 2 saturated heterocycles. The van der Waals surface area contributed by atoms with Crippen molar-refractivity contribution >= 4 is 29.2 Å². The number of nitrogens with zero attached hydrogens (tertiary/aromatic N) is 1. The highest BCUT2D eigenvalue weighted by Crippen LogP contribution is 2.38. The number of hydrogen-bond acceptors (Lipinski definition) is 13. The molecule has 15 atom stereocenters. The van der Waals surface area contributed by atoms with Gasteiger partial charge in [-0.25, -0.2) is 4.79 Å². The Bertz CT molecular complexity index is 1780. The Balaban J connectivity index is 1.70. The van der Waals surface area contributed by atoms with E-state index in [9.17, 15) is 34.2 Å². The summed E-state index contributed by atoms with van der Waals surface area (Å²) in [7, 11) is 6.61. The molecule has 14 heteroatoms. The Labute approximate surface area is 394 Å². The molecule has 3 fully saturated rings. The third-order valence-corrected chi connectivity index (χ3v) is 14.9. The van der Waals surface area contributed by atoms with E-state index < -0.39 is 77.8 Å². The highest BCUT2D eigenvalue weighted by molar-refractivity contribution is 6.39. The SMILES string of the molecule is CN[C@@H]1CCC(C[C@@H](C)C2CC(=O)[C@H](C)/C=C(\C)[C@@H](O)[C@@H](OC)C(=O)[C@H](C)C[C@H](C)/C=C/C=C/C=C(\C)[C@@H](OC)C[C@@H]3CC[C@@H](C)[C@@](O)(O3)C(=O)C(=O)N3CCCC[C@H]3C(=O)O2)C[C@H]1OC. The summed E-state index contributed by atoms with van der Waals surface area (Å²) < 4.78 is 29.7. The number of carbonyl (C=O) groups is 5. The highest BCUT2D eigenvalue weighted by atomic mass is 16.6. The molecule has 0 aromatic carbocycles. The van der Waals surface area contributed by atoms with Gasteiger partial charge in [-0.15, -0.1) is 0 Å². The second kappa shape index (κ2) is 25.8. The van der Waals surface area contributed by atoms with E-state index in [1.165, 1.54) is 12.0 Å². The lowest BCUT2D eigenvalue weighted by atomic mass is 9.77. The van der Waals surface area contributed by atoms with E-state index in [-0.39, 0.29) is 60.9 Å². The third-order valence-electron chi connectivity index (χ3n) is 14.9. The quantitative estimate of drug-likeness (QED) is 0.145.